The van der Waals surface area contributed by atoms with Crippen molar-refractivity contribution in [1.29, 1.82) is 0 Å². The maximum atomic E-state index is 11.2. The number of carboxylic acids is 1. The molecule has 1 aromatic heterocycles. The van der Waals surface area contributed by atoms with Gasteiger partial charge in [0.25, 0.3) is 5.69 Å². The number of aryl methyl sites for hydroxylation is 2. The Hall–Kier alpha value is -2.35. The van der Waals surface area contributed by atoms with Crippen molar-refractivity contribution in [2.45, 2.75) is 16.8 Å². The SMILES string of the molecule is Cc1nn(C)c(Sc2ccc([N+](=O)[O-])cc2)c1C(=O)O. The molecule has 0 fully saturated rings. The molecule has 1 N–H and O–H groups in total. The number of aromatic nitrogens is 2. The van der Waals surface area contributed by atoms with E-state index in [2.05, 4.69) is 5.10 Å². The van der Waals surface area contributed by atoms with E-state index in [1.165, 1.54) is 28.6 Å². The molecule has 20 heavy (non-hydrogen) atoms. The first-order chi connectivity index (χ1) is 9.40. The molecule has 1 aromatic carbocycles. The van der Waals surface area contributed by atoms with E-state index in [4.69, 9.17) is 0 Å². The molecule has 0 radical (unpaired) electrons. The Morgan fingerprint density at radius 1 is 1.40 bits per heavy atom. The lowest BCUT2D eigenvalue weighted by atomic mass is 10.3. The van der Waals surface area contributed by atoms with Crippen molar-refractivity contribution in [2.24, 2.45) is 7.05 Å². The van der Waals surface area contributed by atoms with Crippen LogP contribution in [0.1, 0.15) is 16.1 Å². The smallest absolute Gasteiger partial charge is 0.340 e. The summed E-state index contributed by atoms with van der Waals surface area (Å²) in [4.78, 5) is 22.0. The number of aromatic carboxylic acids is 1. The highest BCUT2D eigenvalue weighted by atomic mass is 32.2. The molecule has 0 aliphatic carbocycles. The topological polar surface area (TPSA) is 98.3 Å². The second-order valence-corrected chi connectivity index (χ2v) is 5.11. The maximum absolute atomic E-state index is 11.2. The standard InChI is InChI=1S/C12H11N3O4S/c1-7-10(12(16)17)11(14(2)13-7)20-9-5-3-8(4-6-9)15(18)19/h3-6H,1-2H3,(H,16,17). The third-order valence-corrected chi connectivity index (χ3v) is 3.82. The van der Waals surface area contributed by atoms with E-state index in [-0.39, 0.29) is 11.3 Å². The summed E-state index contributed by atoms with van der Waals surface area (Å²) in [5, 5.41) is 24.3. The van der Waals surface area contributed by atoms with Gasteiger partial charge in [-0.3, -0.25) is 14.8 Å². The average Bonchev–Trinajstić information content (AvgIpc) is 2.64. The summed E-state index contributed by atoms with van der Waals surface area (Å²) in [5.41, 5.74) is 0.578. The molecule has 0 spiro atoms. The number of nitrogens with zero attached hydrogens (tertiary/aromatic N) is 3. The van der Waals surface area contributed by atoms with E-state index in [1.54, 1.807) is 26.1 Å². The van der Waals surface area contributed by atoms with Gasteiger partial charge >= 0.3 is 5.97 Å². The fourth-order valence-electron chi connectivity index (χ4n) is 1.75. The molecule has 0 saturated heterocycles. The first-order valence-electron chi connectivity index (χ1n) is 5.59. The van der Waals surface area contributed by atoms with Crippen LogP contribution in [0.2, 0.25) is 0 Å². The zero-order valence-corrected chi connectivity index (χ0v) is 11.5. The Morgan fingerprint density at radius 2 is 2.00 bits per heavy atom. The van der Waals surface area contributed by atoms with Gasteiger partial charge in [-0.25, -0.2) is 4.79 Å². The molecular weight excluding hydrogens is 282 g/mol. The molecule has 104 valence electrons. The summed E-state index contributed by atoms with van der Waals surface area (Å²) in [5.74, 6) is -1.04. The summed E-state index contributed by atoms with van der Waals surface area (Å²) in [6, 6.07) is 5.92. The first kappa shape index (κ1) is 14.1. The van der Waals surface area contributed by atoms with Gasteiger partial charge in [-0.15, -0.1) is 0 Å². The Morgan fingerprint density at radius 3 is 2.50 bits per heavy atom. The van der Waals surface area contributed by atoms with E-state index < -0.39 is 10.9 Å². The minimum atomic E-state index is -1.04. The fraction of sp³-hybridized carbons (Fsp3) is 0.167. The second kappa shape index (κ2) is 5.33. The predicted molar refractivity (Wildman–Crippen MR) is 72.1 cm³/mol. The van der Waals surface area contributed by atoms with Crippen molar-refractivity contribution in [3.05, 3.63) is 45.6 Å². The van der Waals surface area contributed by atoms with Crippen LogP contribution in [0.25, 0.3) is 0 Å². The van der Waals surface area contributed by atoms with Gasteiger partial charge in [-0.05, 0) is 19.1 Å². The Labute approximate surface area is 118 Å². The van der Waals surface area contributed by atoms with Gasteiger partial charge < -0.3 is 5.11 Å². The van der Waals surface area contributed by atoms with E-state index in [1.807, 2.05) is 0 Å². The highest BCUT2D eigenvalue weighted by molar-refractivity contribution is 7.99. The minimum absolute atomic E-state index is 0.00556. The zero-order chi connectivity index (χ0) is 14.9. The van der Waals surface area contributed by atoms with Crippen LogP contribution in [-0.2, 0) is 7.05 Å². The summed E-state index contributed by atoms with van der Waals surface area (Å²) in [6.07, 6.45) is 0. The fourth-order valence-corrected chi connectivity index (χ4v) is 2.75. The average molecular weight is 293 g/mol. The molecule has 0 aliphatic rings. The molecule has 0 saturated carbocycles. The molecule has 1 heterocycles. The van der Waals surface area contributed by atoms with Gasteiger partial charge in [0.05, 0.1) is 10.6 Å². The van der Waals surface area contributed by atoms with Crippen LogP contribution in [0, 0.1) is 17.0 Å². The number of rotatable bonds is 4. The third kappa shape index (κ3) is 2.64. The van der Waals surface area contributed by atoms with Crippen LogP contribution in [-0.4, -0.2) is 25.8 Å². The van der Waals surface area contributed by atoms with Gasteiger partial charge in [0, 0.05) is 24.1 Å². The molecule has 2 rings (SSSR count). The molecular formula is C12H11N3O4S. The highest BCUT2D eigenvalue weighted by Crippen LogP contribution is 2.32. The molecule has 0 atom stereocenters. The van der Waals surface area contributed by atoms with Crippen LogP contribution in [0.5, 0.6) is 0 Å². The van der Waals surface area contributed by atoms with Crippen molar-refractivity contribution in [1.82, 2.24) is 9.78 Å². The minimum Gasteiger partial charge on any atom is -0.478 e. The predicted octanol–water partition coefficient (Wildman–Crippen LogP) is 2.49. The lowest BCUT2D eigenvalue weighted by molar-refractivity contribution is -0.384. The van der Waals surface area contributed by atoms with Crippen molar-refractivity contribution in [2.75, 3.05) is 0 Å². The van der Waals surface area contributed by atoms with Gasteiger partial charge in [0.2, 0.25) is 0 Å². The molecule has 2 aromatic rings. The first-order valence-corrected chi connectivity index (χ1v) is 6.41. The van der Waals surface area contributed by atoms with E-state index >= 15 is 0 Å². The van der Waals surface area contributed by atoms with Crippen LogP contribution >= 0.6 is 11.8 Å². The van der Waals surface area contributed by atoms with Crippen molar-refractivity contribution in [3.63, 3.8) is 0 Å². The van der Waals surface area contributed by atoms with Crippen LogP contribution in [0.4, 0.5) is 5.69 Å². The van der Waals surface area contributed by atoms with E-state index in [0.29, 0.717) is 15.6 Å². The van der Waals surface area contributed by atoms with Crippen molar-refractivity contribution < 1.29 is 14.8 Å². The lowest BCUT2D eigenvalue weighted by Crippen LogP contribution is -2.00. The Bertz CT molecular complexity index is 679. The summed E-state index contributed by atoms with van der Waals surface area (Å²) in [7, 11) is 1.66. The number of hydrogen-bond acceptors (Lipinski definition) is 5. The van der Waals surface area contributed by atoms with Gasteiger partial charge in [0.15, 0.2) is 0 Å². The van der Waals surface area contributed by atoms with Gasteiger partial charge in [-0.2, -0.15) is 5.10 Å². The number of carboxylic acid groups (broad SMARTS) is 1. The summed E-state index contributed by atoms with van der Waals surface area (Å²) >= 11 is 1.21. The van der Waals surface area contributed by atoms with Gasteiger partial charge in [-0.1, -0.05) is 11.8 Å². The molecule has 0 amide bonds. The number of hydrogen-bond donors (Lipinski definition) is 1. The van der Waals surface area contributed by atoms with Crippen molar-refractivity contribution in [3.8, 4) is 0 Å². The summed E-state index contributed by atoms with van der Waals surface area (Å²) < 4.78 is 1.49. The third-order valence-electron chi connectivity index (χ3n) is 2.65. The number of nitro groups is 1. The lowest BCUT2D eigenvalue weighted by Gasteiger charge is -2.03. The van der Waals surface area contributed by atoms with Crippen LogP contribution in [0.3, 0.4) is 0 Å². The Balaban J connectivity index is 2.35. The quantitative estimate of drug-likeness (QED) is 0.687. The van der Waals surface area contributed by atoms with E-state index in [0.717, 1.165) is 0 Å². The van der Waals surface area contributed by atoms with Crippen LogP contribution < -0.4 is 0 Å². The highest BCUT2D eigenvalue weighted by Gasteiger charge is 2.20. The number of nitro benzene ring substituents is 1. The molecule has 0 unspecified atom stereocenters. The molecule has 7 nitrogen and oxygen atoms in total. The number of carbonyl (C=O) groups is 1. The normalized spacial score (nSPS) is 10.5. The molecule has 8 heteroatoms. The maximum Gasteiger partial charge on any atom is 0.340 e. The van der Waals surface area contributed by atoms with Crippen LogP contribution in [0.15, 0.2) is 34.2 Å². The molecule has 0 aliphatic heterocycles. The second-order valence-electron chi connectivity index (χ2n) is 4.05. The van der Waals surface area contributed by atoms with Gasteiger partial charge in [0.1, 0.15) is 10.6 Å². The number of benzene rings is 1. The molecule has 0 bridgehead atoms. The summed E-state index contributed by atoms with van der Waals surface area (Å²) in [6.45, 7) is 1.63. The monoisotopic (exact) mass is 293 g/mol. The van der Waals surface area contributed by atoms with E-state index in [9.17, 15) is 20.0 Å². The number of non-ortho nitro benzene ring substituents is 1. The van der Waals surface area contributed by atoms with Crippen molar-refractivity contribution >= 4 is 23.4 Å². The Kier molecular flexibility index (Phi) is 3.75. The largest absolute Gasteiger partial charge is 0.478 e. The zero-order valence-electron chi connectivity index (χ0n) is 10.7.